The molecule has 0 atom stereocenters. The number of nitrogens with two attached hydrogens (primary N) is 1. The maximum atomic E-state index is 13.6. The summed E-state index contributed by atoms with van der Waals surface area (Å²) in [4.78, 5) is 24.0. The second-order valence-electron chi connectivity index (χ2n) is 5.80. The number of benzene rings is 3. The molecule has 0 aliphatic rings. The van der Waals surface area contributed by atoms with Gasteiger partial charge in [0, 0.05) is 11.8 Å². The van der Waals surface area contributed by atoms with Crippen LogP contribution in [0, 0.1) is 11.6 Å². The molecule has 0 aromatic heterocycles. The summed E-state index contributed by atoms with van der Waals surface area (Å²) >= 11 is 11.9. The van der Waals surface area contributed by atoms with E-state index in [1.165, 1.54) is 30.3 Å². The summed E-state index contributed by atoms with van der Waals surface area (Å²) in [6.07, 6.45) is 0. The topological polar surface area (TPSA) is 81.4 Å². The minimum atomic E-state index is -0.978. The molecule has 0 bridgehead atoms. The molecule has 0 unspecified atom stereocenters. The predicted octanol–water partition coefficient (Wildman–Crippen LogP) is 5.42. The lowest BCUT2D eigenvalue weighted by Crippen LogP contribution is -2.16. The summed E-state index contributed by atoms with van der Waals surface area (Å²) in [5, 5.41) is 2.43. The average Bonchev–Trinajstić information content (AvgIpc) is 2.66. The van der Waals surface area contributed by atoms with Gasteiger partial charge in [0.15, 0.2) is 0 Å². The minimum absolute atomic E-state index is 0.0282. The first-order valence-electron chi connectivity index (χ1n) is 8.08. The monoisotopic (exact) mass is 436 g/mol. The van der Waals surface area contributed by atoms with E-state index in [2.05, 4.69) is 5.32 Å². The van der Waals surface area contributed by atoms with Gasteiger partial charge in [0.25, 0.3) is 11.8 Å². The molecule has 0 heterocycles. The highest BCUT2D eigenvalue weighted by atomic mass is 35.5. The van der Waals surface area contributed by atoms with Gasteiger partial charge in [0.2, 0.25) is 0 Å². The number of primary amides is 1. The standard InChI is InChI=1S/C20H12Cl2F2N2O3/c21-13-2-1-3-17(29-11-5-7-16(24)14(22)9-11)18(13)20(28)26-10-4-6-15(23)12(8-10)19(25)27/h1-9H,(H2,25,27)(H,26,28). The molecule has 2 amide bonds. The van der Waals surface area contributed by atoms with Crippen LogP contribution >= 0.6 is 23.2 Å². The Morgan fingerprint density at radius 3 is 2.34 bits per heavy atom. The van der Waals surface area contributed by atoms with Crippen molar-refractivity contribution in [2.75, 3.05) is 5.32 Å². The highest BCUT2D eigenvalue weighted by Gasteiger charge is 2.19. The molecular weight excluding hydrogens is 425 g/mol. The van der Waals surface area contributed by atoms with Gasteiger partial charge in [-0.1, -0.05) is 29.3 Å². The zero-order valence-electron chi connectivity index (χ0n) is 14.5. The molecule has 0 saturated heterocycles. The van der Waals surface area contributed by atoms with Crippen LogP contribution in [0.15, 0.2) is 54.6 Å². The lowest BCUT2D eigenvalue weighted by molar-refractivity contribution is 0.0992. The van der Waals surface area contributed by atoms with E-state index >= 15 is 0 Å². The highest BCUT2D eigenvalue weighted by molar-refractivity contribution is 6.35. The first-order chi connectivity index (χ1) is 13.8. The molecule has 3 N–H and O–H groups in total. The Morgan fingerprint density at radius 1 is 0.931 bits per heavy atom. The van der Waals surface area contributed by atoms with E-state index in [4.69, 9.17) is 33.7 Å². The summed E-state index contributed by atoms with van der Waals surface area (Å²) in [6, 6.07) is 11.6. The molecule has 0 aliphatic carbocycles. The van der Waals surface area contributed by atoms with Crippen LogP contribution in [0.1, 0.15) is 20.7 Å². The van der Waals surface area contributed by atoms with Crippen LogP contribution in [0.25, 0.3) is 0 Å². The van der Waals surface area contributed by atoms with E-state index in [1.54, 1.807) is 6.07 Å². The Labute approximate surface area is 174 Å². The predicted molar refractivity (Wildman–Crippen MR) is 106 cm³/mol. The van der Waals surface area contributed by atoms with Crippen molar-refractivity contribution in [2.45, 2.75) is 0 Å². The van der Waals surface area contributed by atoms with E-state index in [9.17, 15) is 18.4 Å². The van der Waals surface area contributed by atoms with Gasteiger partial charge in [-0.15, -0.1) is 0 Å². The summed E-state index contributed by atoms with van der Waals surface area (Å²) in [5.74, 6) is -2.83. The molecule has 9 heteroatoms. The molecule has 3 rings (SSSR count). The van der Waals surface area contributed by atoms with Crippen LogP contribution in [0.3, 0.4) is 0 Å². The molecule has 3 aromatic rings. The number of carbonyl (C=O) groups excluding carboxylic acids is 2. The summed E-state index contributed by atoms with van der Waals surface area (Å²) in [6.45, 7) is 0. The van der Waals surface area contributed by atoms with Gasteiger partial charge in [-0.3, -0.25) is 9.59 Å². The Hall–Kier alpha value is -3.16. The van der Waals surface area contributed by atoms with E-state index < -0.39 is 23.4 Å². The van der Waals surface area contributed by atoms with Crippen molar-refractivity contribution in [3.05, 3.63) is 87.4 Å². The fourth-order valence-electron chi connectivity index (χ4n) is 2.46. The second kappa shape index (κ2) is 8.46. The van der Waals surface area contributed by atoms with Gasteiger partial charge < -0.3 is 15.8 Å². The molecule has 0 spiro atoms. The van der Waals surface area contributed by atoms with Gasteiger partial charge in [0.05, 0.1) is 15.6 Å². The van der Waals surface area contributed by atoms with E-state index in [0.717, 1.165) is 18.2 Å². The molecule has 5 nitrogen and oxygen atoms in total. The van der Waals surface area contributed by atoms with Crippen LogP contribution in [0.2, 0.25) is 10.0 Å². The molecule has 148 valence electrons. The molecule has 0 aliphatic heterocycles. The first kappa shape index (κ1) is 20.6. The van der Waals surface area contributed by atoms with E-state index in [-0.39, 0.29) is 38.4 Å². The minimum Gasteiger partial charge on any atom is -0.456 e. The Balaban J connectivity index is 1.92. The van der Waals surface area contributed by atoms with Crippen LogP contribution in [0.4, 0.5) is 14.5 Å². The third-order valence-corrected chi connectivity index (χ3v) is 4.42. The number of nitrogens with one attached hydrogen (secondary N) is 1. The second-order valence-corrected chi connectivity index (χ2v) is 6.62. The Morgan fingerprint density at radius 2 is 1.66 bits per heavy atom. The van der Waals surface area contributed by atoms with Crippen LogP contribution in [-0.4, -0.2) is 11.8 Å². The van der Waals surface area contributed by atoms with E-state index in [1.807, 2.05) is 0 Å². The fraction of sp³-hybridized carbons (Fsp3) is 0. The summed E-state index contributed by atoms with van der Waals surface area (Å²) in [5.41, 5.74) is 4.83. The smallest absolute Gasteiger partial charge is 0.260 e. The molecule has 29 heavy (non-hydrogen) atoms. The van der Waals surface area contributed by atoms with Crippen molar-refractivity contribution in [1.82, 2.24) is 0 Å². The number of ether oxygens (including phenoxy) is 1. The highest BCUT2D eigenvalue weighted by Crippen LogP contribution is 2.32. The van der Waals surface area contributed by atoms with Crippen molar-refractivity contribution in [2.24, 2.45) is 5.73 Å². The Bertz CT molecular complexity index is 1120. The SMILES string of the molecule is NC(=O)c1cc(NC(=O)c2c(Cl)cccc2Oc2ccc(F)c(Cl)c2)ccc1F. The van der Waals surface area contributed by atoms with Gasteiger partial charge in [0.1, 0.15) is 28.7 Å². The molecular formula is C20H12Cl2F2N2O3. The Kier molecular flexibility index (Phi) is 6.00. The zero-order chi connectivity index (χ0) is 21.1. The maximum Gasteiger partial charge on any atom is 0.260 e. The van der Waals surface area contributed by atoms with Crippen LogP contribution < -0.4 is 15.8 Å². The first-order valence-corrected chi connectivity index (χ1v) is 8.84. The molecule has 0 fully saturated rings. The molecule has 0 radical (unpaired) electrons. The maximum absolute atomic E-state index is 13.6. The fourth-order valence-corrected chi connectivity index (χ4v) is 2.88. The number of anilines is 1. The van der Waals surface area contributed by atoms with Crippen molar-refractivity contribution >= 4 is 40.7 Å². The van der Waals surface area contributed by atoms with Crippen molar-refractivity contribution in [3.63, 3.8) is 0 Å². The van der Waals surface area contributed by atoms with Crippen molar-refractivity contribution in [1.29, 1.82) is 0 Å². The van der Waals surface area contributed by atoms with Crippen LogP contribution in [-0.2, 0) is 0 Å². The van der Waals surface area contributed by atoms with E-state index in [0.29, 0.717) is 0 Å². The summed E-state index contributed by atoms with van der Waals surface area (Å²) in [7, 11) is 0. The lowest BCUT2D eigenvalue weighted by atomic mass is 10.1. The van der Waals surface area contributed by atoms with Gasteiger partial charge in [-0.2, -0.15) is 0 Å². The van der Waals surface area contributed by atoms with Crippen molar-refractivity contribution in [3.8, 4) is 11.5 Å². The summed E-state index contributed by atoms with van der Waals surface area (Å²) < 4.78 is 32.6. The number of amides is 2. The third kappa shape index (κ3) is 4.64. The van der Waals surface area contributed by atoms with Gasteiger partial charge >= 0.3 is 0 Å². The quantitative estimate of drug-likeness (QED) is 0.560. The largest absolute Gasteiger partial charge is 0.456 e. The van der Waals surface area contributed by atoms with Gasteiger partial charge in [-0.25, -0.2) is 8.78 Å². The molecule has 0 saturated carbocycles. The normalized spacial score (nSPS) is 10.5. The van der Waals surface area contributed by atoms with Crippen LogP contribution in [0.5, 0.6) is 11.5 Å². The third-order valence-electron chi connectivity index (χ3n) is 3.81. The number of carbonyl (C=O) groups is 2. The zero-order valence-corrected chi connectivity index (χ0v) is 16.0. The van der Waals surface area contributed by atoms with Crippen molar-refractivity contribution < 1.29 is 23.1 Å². The van der Waals surface area contributed by atoms with Gasteiger partial charge in [-0.05, 0) is 42.5 Å². The number of halogens is 4. The molecule has 3 aromatic carbocycles. The number of hydrogen-bond donors (Lipinski definition) is 2. The number of rotatable bonds is 5. The lowest BCUT2D eigenvalue weighted by Gasteiger charge is -2.13. The average molecular weight is 437 g/mol. The number of hydrogen-bond acceptors (Lipinski definition) is 3.